The first-order valence-electron chi connectivity index (χ1n) is 8.41. The van der Waals surface area contributed by atoms with Gasteiger partial charge in [-0.25, -0.2) is 4.39 Å². The van der Waals surface area contributed by atoms with Crippen LogP contribution in [0.5, 0.6) is 5.75 Å². The number of benzene rings is 1. The molecule has 3 N–H and O–H groups in total. The molecule has 0 saturated heterocycles. The van der Waals surface area contributed by atoms with Gasteiger partial charge in [0, 0.05) is 24.7 Å². The van der Waals surface area contributed by atoms with Gasteiger partial charge in [-0.15, -0.1) is 0 Å². The molecule has 0 amide bonds. The number of hydrogen-bond donors (Lipinski definition) is 2. The molecule has 0 aliphatic rings. The Bertz CT molecular complexity index is 817. The fraction of sp³-hybridized carbons (Fsp3) is 0.300. The third-order valence-electron chi connectivity index (χ3n) is 3.94. The molecule has 138 valence electrons. The molecule has 1 atom stereocenters. The number of pyridine rings is 1. The second kappa shape index (κ2) is 9.10. The lowest BCUT2D eigenvalue weighted by Crippen LogP contribution is -2.04. The van der Waals surface area contributed by atoms with Gasteiger partial charge in [0.25, 0.3) is 0 Å². The molecule has 1 heterocycles. The van der Waals surface area contributed by atoms with Crippen molar-refractivity contribution in [2.45, 2.75) is 26.4 Å². The van der Waals surface area contributed by atoms with Gasteiger partial charge in [-0.3, -0.25) is 9.98 Å². The first-order valence-corrected chi connectivity index (χ1v) is 8.41. The number of aliphatic hydroxyl groups excluding tert-OH is 1. The van der Waals surface area contributed by atoms with Crippen LogP contribution in [0.2, 0.25) is 0 Å². The Hall–Kier alpha value is -2.73. The molecule has 1 aromatic carbocycles. The normalized spacial score (nSPS) is 13.2. The van der Waals surface area contributed by atoms with Crippen LogP contribution in [0.4, 0.5) is 4.39 Å². The van der Waals surface area contributed by atoms with Gasteiger partial charge in [0.15, 0.2) is 0 Å². The summed E-state index contributed by atoms with van der Waals surface area (Å²) in [4.78, 5) is 8.72. The van der Waals surface area contributed by atoms with E-state index >= 15 is 0 Å². The summed E-state index contributed by atoms with van der Waals surface area (Å²) in [6.45, 7) is 4.20. The third-order valence-corrected chi connectivity index (χ3v) is 3.94. The quantitative estimate of drug-likeness (QED) is 0.744. The maximum Gasteiger partial charge on any atom is 0.137 e. The van der Waals surface area contributed by atoms with Crippen molar-refractivity contribution >= 4 is 6.21 Å². The maximum absolute atomic E-state index is 13.7. The molecule has 0 aliphatic carbocycles. The number of aliphatic hydroxyl groups is 1. The lowest BCUT2D eigenvalue weighted by Gasteiger charge is -2.16. The highest BCUT2D eigenvalue weighted by Crippen LogP contribution is 2.32. The lowest BCUT2D eigenvalue weighted by molar-refractivity contribution is 0.199. The van der Waals surface area contributed by atoms with Crippen LogP contribution in [0, 0.1) is 5.82 Å². The van der Waals surface area contributed by atoms with Gasteiger partial charge in [0.2, 0.25) is 0 Å². The van der Waals surface area contributed by atoms with Crippen LogP contribution in [0.3, 0.4) is 0 Å². The molecular formula is C20H24FN3O2. The molecule has 0 unspecified atom stereocenters. The van der Waals surface area contributed by atoms with Crippen molar-refractivity contribution in [1.82, 2.24) is 4.98 Å². The minimum absolute atomic E-state index is 0.405. The number of halogens is 1. The zero-order valence-electron chi connectivity index (χ0n) is 15.2. The Kier molecular flexibility index (Phi) is 6.86. The predicted molar refractivity (Wildman–Crippen MR) is 102 cm³/mol. The average molecular weight is 357 g/mol. The van der Waals surface area contributed by atoms with Gasteiger partial charge in [-0.1, -0.05) is 0 Å². The summed E-state index contributed by atoms with van der Waals surface area (Å²) in [5.74, 6) is 0.200. The number of allylic oxidation sites excluding steroid dienone is 1. The molecule has 0 radical (unpaired) electrons. The van der Waals surface area contributed by atoms with E-state index in [1.807, 2.05) is 13.0 Å². The van der Waals surface area contributed by atoms with E-state index in [0.717, 1.165) is 11.1 Å². The lowest BCUT2D eigenvalue weighted by atomic mass is 9.94. The number of nitrogens with two attached hydrogens (primary N) is 1. The van der Waals surface area contributed by atoms with Crippen molar-refractivity contribution in [3.8, 4) is 17.0 Å². The molecule has 5 nitrogen and oxygen atoms in total. The maximum atomic E-state index is 13.7. The second-order valence-electron chi connectivity index (χ2n) is 5.84. The molecular weight excluding hydrogens is 333 g/mol. The van der Waals surface area contributed by atoms with Gasteiger partial charge in [0.05, 0.1) is 25.1 Å². The van der Waals surface area contributed by atoms with Crippen LogP contribution in [-0.2, 0) is 6.42 Å². The van der Waals surface area contributed by atoms with Gasteiger partial charge in [-0.2, -0.15) is 0 Å². The van der Waals surface area contributed by atoms with Crippen molar-refractivity contribution in [3.05, 3.63) is 59.2 Å². The number of rotatable bonds is 7. The minimum atomic E-state index is -0.830. The van der Waals surface area contributed by atoms with Crippen molar-refractivity contribution in [3.63, 3.8) is 0 Å². The Balaban J connectivity index is 2.58. The van der Waals surface area contributed by atoms with Crippen LogP contribution in [0.1, 0.15) is 31.1 Å². The fourth-order valence-electron chi connectivity index (χ4n) is 2.65. The van der Waals surface area contributed by atoms with E-state index in [-0.39, 0.29) is 0 Å². The molecule has 6 heteroatoms. The molecule has 0 fully saturated rings. The van der Waals surface area contributed by atoms with E-state index in [1.165, 1.54) is 18.3 Å². The number of ether oxygens (including phenoxy) is 1. The smallest absolute Gasteiger partial charge is 0.137 e. The van der Waals surface area contributed by atoms with E-state index < -0.39 is 11.9 Å². The van der Waals surface area contributed by atoms with Crippen LogP contribution in [-0.4, -0.2) is 30.0 Å². The zero-order chi connectivity index (χ0) is 19.1. The molecule has 2 aromatic rings. The Labute approximate surface area is 153 Å². The van der Waals surface area contributed by atoms with Crippen LogP contribution < -0.4 is 10.5 Å². The summed E-state index contributed by atoms with van der Waals surface area (Å²) in [7, 11) is 1.57. The highest BCUT2D eigenvalue weighted by atomic mass is 19.1. The standard InChI is InChI=1S/C20H24FN3O2/c1-4-23-11-14(10-22)7-15-8-17(26-3)12-24-20(15)18-6-5-16(21)9-19(18)13(2)25/h5-6,8-13,25H,4,7,22H2,1-3H3/t13-/m1/s1. The number of nitrogens with zero attached hydrogens (tertiary/aromatic N) is 2. The van der Waals surface area contributed by atoms with Crippen LogP contribution in [0.25, 0.3) is 11.3 Å². The summed E-state index contributed by atoms with van der Waals surface area (Å²) in [5, 5.41) is 10.1. The summed E-state index contributed by atoms with van der Waals surface area (Å²) >= 11 is 0. The largest absolute Gasteiger partial charge is 0.495 e. The van der Waals surface area contributed by atoms with Gasteiger partial charge < -0.3 is 15.6 Å². The van der Waals surface area contributed by atoms with Crippen LogP contribution >= 0.6 is 0 Å². The summed E-state index contributed by atoms with van der Waals surface area (Å²) < 4.78 is 18.9. The van der Waals surface area contributed by atoms with Crippen molar-refractivity contribution in [1.29, 1.82) is 0 Å². The Morgan fingerprint density at radius 1 is 1.42 bits per heavy atom. The van der Waals surface area contributed by atoms with E-state index in [2.05, 4.69) is 9.98 Å². The highest BCUT2D eigenvalue weighted by molar-refractivity contribution is 5.80. The summed E-state index contributed by atoms with van der Waals surface area (Å²) in [6.07, 6.45) is 4.48. The topological polar surface area (TPSA) is 80.7 Å². The van der Waals surface area contributed by atoms with Crippen molar-refractivity contribution < 1.29 is 14.2 Å². The van der Waals surface area contributed by atoms with Crippen molar-refractivity contribution in [2.75, 3.05) is 13.7 Å². The predicted octanol–water partition coefficient (Wildman–Crippen LogP) is 3.43. The molecule has 0 spiro atoms. The summed E-state index contributed by atoms with van der Waals surface area (Å²) in [6, 6.07) is 6.17. The third kappa shape index (κ3) is 4.67. The molecule has 0 aliphatic heterocycles. The second-order valence-corrected chi connectivity index (χ2v) is 5.84. The monoisotopic (exact) mass is 357 g/mol. The Morgan fingerprint density at radius 3 is 2.81 bits per heavy atom. The van der Waals surface area contributed by atoms with E-state index in [4.69, 9.17) is 10.5 Å². The number of aromatic nitrogens is 1. The molecule has 0 bridgehead atoms. The fourth-order valence-corrected chi connectivity index (χ4v) is 2.65. The number of hydrogen-bond acceptors (Lipinski definition) is 5. The minimum Gasteiger partial charge on any atom is -0.495 e. The first-order chi connectivity index (χ1) is 12.5. The van der Waals surface area contributed by atoms with E-state index in [9.17, 15) is 9.50 Å². The summed E-state index contributed by atoms with van der Waals surface area (Å²) in [5.41, 5.74) is 9.18. The van der Waals surface area contributed by atoms with Gasteiger partial charge in [0.1, 0.15) is 11.6 Å². The molecule has 1 aromatic heterocycles. The van der Waals surface area contributed by atoms with E-state index in [0.29, 0.717) is 35.5 Å². The number of methoxy groups -OCH3 is 1. The zero-order valence-corrected chi connectivity index (χ0v) is 15.2. The molecule has 2 rings (SSSR count). The van der Waals surface area contributed by atoms with Gasteiger partial charge >= 0.3 is 0 Å². The molecule has 0 saturated carbocycles. The first kappa shape index (κ1) is 19.6. The van der Waals surface area contributed by atoms with E-state index in [1.54, 1.807) is 32.5 Å². The number of aliphatic imine (C=N–C) groups is 1. The van der Waals surface area contributed by atoms with Crippen molar-refractivity contribution in [2.24, 2.45) is 10.7 Å². The average Bonchev–Trinajstić information content (AvgIpc) is 2.65. The SMILES string of the molecule is CCN=CC(=CN)Cc1cc(OC)cnc1-c1ccc(F)cc1[C@@H](C)O. The molecule has 26 heavy (non-hydrogen) atoms. The van der Waals surface area contributed by atoms with Crippen LogP contribution in [0.15, 0.2) is 47.2 Å². The highest BCUT2D eigenvalue weighted by Gasteiger charge is 2.16. The Morgan fingerprint density at radius 2 is 2.19 bits per heavy atom. The van der Waals surface area contributed by atoms with Gasteiger partial charge in [-0.05, 0) is 61.0 Å².